The molecule has 10 heteroatoms. The van der Waals surface area contributed by atoms with Crippen molar-refractivity contribution in [2.75, 3.05) is 17.7 Å². The molecule has 33 heavy (non-hydrogen) atoms. The Morgan fingerprint density at radius 1 is 1.00 bits per heavy atom. The first-order valence-corrected chi connectivity index (χ1v) is 9.85. The van der Waals surface area contributed by atoms with E-state index in [1.807, 2.05) is 0 Å². The average molecular weight is 481 g/mol. The van der Waals surface area contributed by atoms with E-state index in [0.717, 1.165) is 12.1 Å². The van der Waals surface area contributed by atoms with Gasteiger partial charge in [0.15, 0.2) is 0 Å². The highest BCUT2D eigenvalue weighted by atomic mass is 35.5. The maximum Gasteiger partial charge on any atom is 0.418 e. The molecule has 2 amide bonds. The molecule has 3 rings (SSSR count). The average Bonchev–Trinajstić information content (AvgIpc) is 2.74. The number of carbonyl (C=O) groups excluding carboxylic acids is 2. The fourth-order valence-electron chi connectivity index (χ4n) is 3.06. The van der Waals surface area contributed by atoms with Crippen LogP contribution in [0.2, 0.25) is 5.02 Å². The molecule has 0 saturated carbocycles. The van der Waals surface area contributed by atoms with E-state index >= 15 is 0 Å². The summed E-state index contributed by atoms with van der Waals surface area (Å²) in [5.41, 5.74) is -1.83. The topological polar surface area (TPSA) is 67.4 Å². The Kier molecular flexibility index (Phi) is 7.23. The van der Waals surface area contributed by atoms with E-state index in [9.17, 15) is 27.2 Å². The normalized spacial score (nSPS) is 11.1. The number of rotatable bonds is 6. The SMILES string of the molecule is COc1ccc(Cl)cc1CC(=O)Nc1ccc(NC(=O)c2ccccc2F)cc1C(F)(F)F. The molecule has 3 aromatic carbocycles. The minimum Gasteiger partial charge on any atom is -0.496 e. The van der Waals surface area contributed by atoms with Crippen molar-refractivity contribution in [3.05, 3.63) is 88.2 Å². The summed E-state index contributed by atoms with van der Waals surface area (Å²) in [6, 6.07) is 12.5. The van der Waals surface area contributed by atoms with Crippen LogP contribution >= 0.6 is 11.6 Å². The molecule has 0 radical (unpaired) electrons. The minimum atomic E-state index is -4.84. The molecule has 0 bridgehead atoms. The number of methoxy groups -OCH3 is 1. The van der Waals surface area contributed by atoms with Crippen molar-refractivity contribution in [1.29, 1.82) is 0 Å². The third kappa shape index (κ3) is 6.01. The fraction of sp³-hybridized carbons (Fsp3) is 0.130. The van der Waals surface area contributed by atoms with Gasteiger partial charge >= 0.3 is 6.18 Å². The smallest absolute Gasteiger partial charge is 0.418 e. The van der Waals surface area contributed by atoms with Crippen LogP contribution in [-0.4, -0.2) is 18.9 Å². The zero-order chi connectivity index (χ0) is 24.2. The molecule has 0 unspecified atom stereocenters. The molecule has 3 aromatic rings. The van der Waals surface area contributed by atoms with E-state index in [2.05, 4.69) is 10.6 Å². The van der Waals surface area contributed by atoms with Crippen LogP contribution in [0.5, 0.6) is 5.75 Å². The standard InChI is InChI=1S/C23H17ClF4N2O3/c1-33-20-9-6-14(24)10-13(20)11-21(31)30-19-8-7-15(12-17(19)23(26,27)28)29-22(32)16-4-2-3-5-18(16)25/h2-10,12H,11H2,1H3,(H,29,32)(H,30,31). The maximum atomic E-state index is 13.8. The molecule has 0 aromatic heterocycles. The van der Waals surface area contributed by atoms with Gasteiger partial charge in [0.2, 0.25) is 5.91 Å². The highest BCUT2D eigenvalue weighted by Crippen LogP contribution is 2.37. The van der Waals surface area contributed by atoms with Gasteiger partial charge < -0.3 is 15.4 Å². The fourth-order valence-corrected chi connectivity index (χ4v) is 3.26. The second kappa shape index (κ2) is 9.91. The Morgan fingerprint density at radius 2 is 1.73 bits per heavy atom. The van der Waals surface area contributed by atoms with E-state index in [-0.39, 0.29) is 17.7 Å². The van der Waals surface area contributed by atoms with Crippen molar-refractivity contribution in [1.82, 2.24) is 0 Å². The molecule has 0 spiro atoms. The van der Waals surface area contributed by atoms with Gasteiger partial charge in [-0.05, 0) is 48.5 Å². The predicted molar refractivity (Wildman–Crippen MR) is 116 cm³/mol. The Bertz CT molecular complexity index is 1200. The Hall–Kier alpha value is -3.59. The van der Waals surface area contributed by atoms with Gasteiger partial charge in [0.05, 0.1) is 30.3 Å². The largest absolute Gasteiger partial charge is 0.496 e. The number of hydrogen-bond donors (Lipinski definition) is 2. The molecule has 172 valence electrons. The molecule has 0 aliphatic carbocycles. The minimum absolute atomic E-state index is 0.218. The second-order valence-electron chi connectivity index (χ2n) is 6.87. The van der Waals surface area contributed by atoms with Gasteiger partial charge in [-0.3, -0.25) is 9.59 Å². The van der Waals surface area contributed by atoms with E-state index in [4.69, 9.17) is 16.3 Å². The van der Waals surface area contributed by atoms with E-state index in [1.54, 1.807) is 12.1 Å². The van der Waals surface area contributed by atoms with Gasteiger partial charge in [0.25, 0.3) is 5.91 Å². The molecular formula is C23H17ClF4N2O3. The van der Waals surface area contributed by atoms with Crippen molar-refractivity contribution in [3.63, 3.8) is 0 Å². The summed E-state index contributed by atoms with van der Waals surface area (Å²) in [5, 5.41) is 4.80. The number of amides is 2. The molecule has 2 N–H and O–H groups in total. The first-order chi connectivity index (χ1) is 15.6. The van der Waals surface area contributed by atoms with Gasteiger partial charge in [0, 0.05) is 16.3 Å². The summed E-state index contributed by atoms with van der Waals surface area (Å²) in [4.78, 5) is 24.7. The van der Waals surface area contributed by atoms with Crippen LogP contribution in [0, 0.1) is 5.82 Å². The lowest BCUT2D eigenvalue weighted by Crippen LogP contribution is -2.19. The molecule has 0 aliphatic heterocycles. The Morgan fingerprint density at radius 3 is 2.39 bits per heavy atom. The zero-order valence-corrected chi connectivity index (χ0v) is 17.9. The molecule has 5 nitrogen and oxygen atoms in total. The van der Waals surface area contributed by atoms with Gasteiger partial charge in [0.1, 0.15) is 11.6 Å². The summed E-state index contributed by atoms with van der Waals surface area (Å²) < 4.78 is 59.8. The van der Waals surface area contributed by atoms with Crippen molar-refractivity contribution >= 4 is 34.8 Å². The molecular weight excluding hydrogens is 464 g/mol. The van der Waals surface area contributed by atoms with Gasteiger partial charge in [-0.15, -0.1) is 0 Å². The molecule has 0 atom stereocenters. The van der Waals surface area contributed by atoms with Gasteiger partial charge in [-0.25, -0.2) is 4.39 Å². The van der Waals surface area contributed by atoms with Crippen LogP contribution in [0.1, 0.15) is 21.5 Å². The number of anilines is 2. The van der Waals surface area contributed by atoms with E-state index in [1.165, 1.54) is 37.4 Å². The number of nitrogens with one attached hydrogen (secondary N) is 2. The summed E-state index contributed by atoms with van der Waals surface area (Å²) in [6.07, 6.45) is -5.12. The quantitative estimate of drug-likeness (QED) is 0.429. The molecule has 0 aliphatic rings. The van der Waals surface area contributed by atoms with Crippen molar-refractivity contribution in [2.45, 2.75) is 12.6 Å². The maximum absolute atomic E-state index is 13.8. The first kappa shape index (κ1) is 24.1. The lowest BCUT2D eigenvalue weighted by atomic mass is 10.1. The summed E-state index contributed by atoms with van der Waals surface area (Å²) in [6.45, 7) is 0. The van der Waals surface area contributed by atoms with E-state index in [0.29, 0.717) is 22.4 Å². The van der Waals surface area contributed by atoms with Crippen LogP contribution in [0.15, 0.2) is 60.7 Å². The van der Waals surface area contributed by atoms with Crippen LogP contribution in [0.4, 0.5) is 28.9 Å². The Balaban J connectivity index is 1.83. The van der Waals surface area contributed by atoms with Crippen LogP contribution < -0.4 is 15.4 Å². The predicted octanol–water partition coefficient (Wildman–Crippen LogP) is 5.94. The van der Waals surface area contributed by atoms with Gasteiger partial charge in [-0.1, -0.05) is 23.7 Å². The van der Waals surface area contributed by atoms with Crippen LogP contribution in [-0.2, 0) is 17.4 Å². The van der Waals surface area contributed by atoms with Crippen LogP contribution in [0.3, 0.4) is 0 Å². The molecule has 0 saturated heterocycles. The first-order valence-electron chi connectivity index (χ1n) is 9.48. The third-order valence-electron chi connectivity index (χ3n) is 4.57. The highest BCUT2D eigenvalue weighted by molar-refractivity contribution is 6.30. The summed E-state index contributed by atoms with van der Waals surface area (Å²) >= 11 is 5.92. The number of hydrogen-bond acceptors (Lipinski definition) is 3. The monoisotopic (exact) mass is 480 g/mol. The molecule has 0 fully saturated rings. The van der Waals surface area contributed by atoms with Crippen LogP contribution in [0.25, 0.3) is 0 Å². The lowest BCUT2D eigenvalue weighted by Gasteiger charge is -2.16. The van der Waals surface area contributed by atoms with Crippen molar-refractivity contribution in [3.8, 4) is 5.75 Å². The van der Waals surface area contributed by atoms with Crippen molar-refractivity contribution in [2.24, 2.45) is 0 Å². The van der Waals surface area contributed by atoms with Crippen molar-refractivity contribution < 1.29 is 31.9 Å². The van der Waals surface area contributed by atoms with Gasteiger partial charge in [-0.2, -0.15) is 13.2 Å². The number of halogens is 5. The highest BCUT2D eigenvalue weighted by Gasteiger charge is 2.34. The summed E-state index contributed by atoms with van der Waals surface area (Å²) in [5.74, 6) is -2.10. The number of benzene rings is 3. The number of carbonyl (C=O) groups is 2. The Labute approximate surface area is 191 Å². The second-order valence-corrected chi connectivity index (χ2v) is 7.31. The summed E-state index contributed by atoms with van der Waals surface area (Å²) in [7, 11) is 1.39. The van der Waals surface area contributed by atoms with E-state index < -0.39 is 35.1 Å². The lowest BCUT2D eigenvalue weighted by molar-refractivity contribution is -0.136. The number of alkyl halides is 3. The molecule has 0 heterocycles. The third-order valence-corrected chi connectivity index (χ3v) is 4.80. The zero-order valence-electron chi connectivity index (χ0n) is 17.1. The number of ether oxygens (including phenoxy) is 1.